The van der Waals surface area contributed by atoms with Crippen LogP contribution in [-0.2, 0) is 16.6 Å². The molecule has 1 heterocycles. The molecule has 6 heteroatoms. The van der Waals surface area contributed by atoms with E-state index in [9.17, 15) is 12.8 Å². The molecule has 2 rings (SSSR count). The molecule has 116 valence electrons. The first-order chi connectivity index (χ1) is 9.95. The number of halogens is 1. The minimum absolute atomic E-state index is 0.231. The first-order valence-electron chi connectivity index (χ1n) is 7.10. The molecule has 0 fully saturated rings. The molecule has 0 aromatic heterocycles. The Labute approximate surface area is 125 Å². The Bertz CT molecular complexity index is 641. The van der Waals surface area contributed by atoms with Crippen LogP contribution in [-0.4, -0.2) is 32.4 Å². The minimum Gasteiger partial charge on any atom is -0.313 e. The van der Waals surface area contributed by atoms with E-state index in [1.165, 1.54) is 22.0 Å². The summed E-state index contributed by atoms with van der Waals surface area (Å²) in [6, 6.07) is 4.26. The Kier molecular flexibility index (Phi) is 5.13. The maximum atomic E-state index is 14.0. The number of hydrogen-bond donors (Lipinski definition) is 1. The molecule has 0 unspecified atom stereocenters. The molecule has 0 radical (unpaired) electrons. The summed E-state index contributed by atoms with van der Waals surface area (Å²) in [5, 5.41) is 3.11. The lowest BCUT2D eigenvalue weighted by Gasteiger charge is -2.25. The first kappa shape index (κ1) is 16.1. The Morgan fingerprint density at radius 2 is 2.14 bits per heavy atom. The van der Waals surface area contributed by atoms with E-state index < -0.39 is 15.8 Å². The Morgan fingerprint density at radius 1 is 1.38 bits per heavy atom. The molecule has 21 heavy (non-hydrogen) atoms. The van der Waals surface area contributed by atoms with Gasteiger partial charge in [0.1, 0.15) is 10.7 Å². The smallest absolute Gasteiger partial charge is 0.246 e. The van der Waals surface area contributed by atoms with E-state index in [-0.39, 0.29) is 4.90 Å². The fourth-order valence-electron chi connectivity index (χ4n) is 2.23. The zero-order valence-corrected chi connectivity index (χ0v) is 13.2. The Balaban J connectivity index is 2.31. The van der Waals surface area contributed by atoms with E-state index in [1.54, 1.807) is 6.07 Å². The van der Waals surface area contributed by atoms with E-state index in [2.05, 4.69) is 5.32 Å². The molecule has 0 amide bonds. The van der Waals surface area contributed by atoms with Gasteiger partial charge in [0.2, 0.25) is 10.0 Å². The van der Waals surface area contributed by atoms with Gasteiger partial charge in [-0.2, -0.15) is 4.31 Å². The quantitative estimate of drug-likeness (QED) is 0.849. The van der Waals surface area contributed by atoms with Crippen LogP contribution in [0.5, 0.6) is 0 Å². The molecular weight excluding hydrogens is 291 g/mol. The normalized spacial score (nSPS) is 16.8. The first-order valence-corrected chi connectivity index (χ1v) is 8.54. The number of rotatable bonds is 5. The van der Waals surface area contributed by atoms with E-state index in [0.29, 0.717) is 26.1 Å². The second-order valence-corrected chi connectivity index (χ2v) is 7.11. The lowest BCUT2D eigenvalue weighted by atomic mass is 10.1. The van der Waals surface area contributed by atoms with Crippen molar-refractivity contribution in [2.75, 3.05) is 19.6 Å². The van der Waals surface area contributed by atoms with Crippen molar-refractivity contribution in [1.82, 2.24) is 9.62 Å². The van der Waals surface area contributed by atoms with Crippen LogP contribution >= 0.6 is 0 Å². The molecule has 0 saturated carbocycles. The highest BCUT2D eigenvalue weighted by Gasteiger charge is 2.28. The van der Waals surface area contributed by atoms with Crippen molar-refractivity contribution >= 4 is 10.0 Å². The van der Waals surface area contributed by atoms with Crippen molar-refractivity contribution in [2.45, 2.75) is 31.7 Å². The maximum Gasteiger partial charge on any atom is 0.246 e. The molecule has 0 saturated heterocycles. The molecule has 0 spiro atoms. The van der Waals surface area contributed by atoms with Gasteiger partial charge in [-0.25, -0.2) is 12.8 Å². The zero-order valence-electron chi connectivity index (χ0n) is 12.4. The van der Waals surface area contributed by atoms with E-state index in [1.807, 2.05) is 19.9 Å². The number of nitrogens with one attached hydrogen (secondary N) is 1. The molecule has 1 aliphatic rings. The zero-order chi connectivity index (χ0) is 15.5. The fourth-order valence-corrected chi connectivity index (χ4v) is 3.73. The van der Waals surface area contributed by atoms with Crippen LogP contribution in [0.15, 0.2) is 34.7 Å². The summed E-state index contributed by atoms with van der Waals surface area (Å²) < 4.78 is 40.5. The van der Waals surface area contributed by atoms with E-state index in [4.69, 9.17) is 0 Å². The van der Waals surface area contributed by atoms with Gasteiger partial charge in [-0.3, -0.25) is 0 Å². The largest absolute Gasteiger partial charge is 0.313 e. The average molecular weight is 312 g/mol. The summed E-state index contributed by atoms with van der Waals surface area (Å²) in [7, 11) is -3.78. The van der Waals surface area contributed by atoms with Gasteiger partial charge in [-0.05, 0) is 37.6 Å². The van der Waals surface area contributed by atoms with Crippen LogP contribution in [0.4, 0.5) is 4.39 Å². The van der Waals surface area contributed by atoms with Crippen LogP contribution in [0, 0.1) is 5.82 Å². The van der Waals surface area contributed by atoms with Crippen LogP contribution in [0.1, 0.15) is 25.8 Å². The highest BCUT2D eigenvalue weighted by molar-refractivity contribution is 7.89. The number of benzene rings is 1. The van der Waals surface area contributed by atoms with Gasteiger partial charge in [0.05, 0.1) is 0 Å². The highest BCUT2D eigenvalue weighted by Crippen LogP contribution is 2.23. The third-order valence-electron chi connectivity index (χ3n) is 3.59. The second kappa shape index (κ2) is 6.68. The van der Waals surface area contributed by atoms with Crippen molar-refractivity contribution in [1.29, 1.82) is 0 Å². The lowest BCUT2D eigenvalue weighted by Crippen LogP contribution is -2.35. The molecule has 1 aromatic carbocycles. The number of hydrogen-bond acceptors (Lipinski definition) is 3. The molecule has 4 nitrogen and oxygen atoms in total. The Hall–Kier alpha value is -1.24. The SMILES string of the molecule is CCNCc1ccc(F)c(S(=O)(=O)N2CC=C(C)CC2)c1. The van der Waals surface area contributed by atoms with Gasteiger partial charge in [0, 0.05) is 19.6 Å². The minimum atomic E-state index is -3.78. The molecule has 0 aliphatic carbocycles. The predicted molar refractivity (Wildman–Crippen MR) is 80.9 cm³/mol. The second-order valence-electron chi connectivity index (χ2n) is 5.21. The molecule has 1 aromatic rings. The molecule has 1 aliphatic heterocycles. The summed E-state index contributed by atoms with van der Waals surface area (Å²) in [4.78, 5) is -0.231. The standard InChI is InChI=1S/C15H21FN2O2S/c1-3-17-11-13-4-5-14(16)15(10-13)21(19,20)18-8-6-12(2)7-9-18/h4-6,10,17H,3,7-9,11H2,1-2H3. The topological polar surface area (TPSA) is 49.4 Å². The average Bonchev–Trinajstić information content (AvgIpc) is 2.46. The third-order valence-corrected chi connectivity index (χ3v) is 5.47. The predicted octanol–water partition coefficient (Wildman–Crippen LogP) is 2.28. The molecule has 1 N–H and O–H groups in total. The van der Waals surface area contributed by atoms with Crippen molar-refractivity contribution in [3.05, 3.63) is 41.2 Å². The van der Waals surface area contributed by atoms with E-state index in [0.717, 1.165) is 12.1 Å². The summed E-state index contributed by atoms with van der Waals surface area (Å²) >= 11 is 0. The maximum absolute atomic E-state index is 14.0. The monoisotopic (exact) mass is 312 g/mol. The Morgan fingerprint density at radius 3 is 2.76 bits per heavy atom. The summed E-state index contributed by atoms with van der Waals surface area (Å²) in [5.74, 6) is -0.693. The van der Waals surface area contributed by atoms with Crippen molar-refractivity contribution in [3.8, 4) is 0 Å². The number of nitrogens with zero attached hydrogens (tertiary/aromatic N) is 1. The van der Waals surface area contributed by atoms with Gasteiger partial charge >= 0.3 is 0 Å². The summed E-state index contributed by atoms with van der Waals surface area (Å²) in [6.45, 7) is 5.95. The third kappa shape index (κ3) is 3.70. The van der Waals surface area contributed by atoms with Gasteiger partial charge in [-0.15, -0.1) is 0 Å². The number of sulfonamides is 1. The van der Waals surface area contributed by atoms with Crippen LogP contribution in [0.2, 0.25) is 0 Å². The van der Waals surface area contributed by atoms with Gasteiger partial charge in [0.15, 0.2) is 0 Å². The summed E-state index contributed by atoms with van der Waals surface area (Å²) in [6.07, 6.45) is 2.57. The van der Waals surface area contributed by atoms with Crippen molar-refractivity contribution < 1.29 is 12.8 Å². The van der Waals surface area contributed by atoms with Gasteiger partial charge in [0.25, 0.3) is 0 Å². The molecular formula is C15H21FN2O2S. The molecule has 0 bridgehead atoms. The van der Waals surface area contributed by atoms with Gasteiger partial charge in [-0.1, -0.05) is 24.6 Å². The van der Waals surface area contributed by atoms with Crippen LogP contribution < -0.4 is 5.32 Å². The van der Waals surface area contributed by atoms with Crippen LogP contribution in [0.25, 0.3) is 0 Å². The molecule has 0 atom stereocenters. The van der Waals surface area contributed by atoms with Crippen molar-refractivity contribution in [2.24, 2.45) is 0 Å². The fraction of sp³-hybridized carbons (Fsp3) is 0.467. The van der Waals surface area contributed by atoms with E-state index >= 15 is 0 Å². The van der Waals surface area contributed by atoms with Crippen molar-refractivity contribution in [3.63, 3.8) is 0 Å². The lowest BCUT2D eigenvalue weighted by molar-refractivity contribution is 0.427. The highest BCUT2D eigenvalue weighted by atomic mass is 32.2. The van der Waals surface area contributed by atoms with Gasteiger partial charge < -0.3 is 5.32 Å². The van der Waals surface area contributed by atoms with Crippen LogP contribution in [0.3, 0.4) is 0 Å². The summed E-state index contributed by atoms with van der Waals surface area (Å²) in [5.41, 5.74) is 1.93.